The maximum atomic E-state index is 4.44. The molecule has 0 aliphatic heterocycles. The van der Waals surface area contributed by atoms with E-state index in [1.807, 2.05) is 12.3 Å². The highest BCUT2D eigenvalue weighted by molar-refractivity contribution is 7.98. The summed E-state index contributed by atoms with van der Waals surface area (Å²) in [6.07, 6.45) is 1.99. The van der Waals surface area contributed by atoms with Crippen molar-refractivity contribution in [1.29, 1.82) is 0 Å². The molecule has 0 radical (unpaired) electrons. The lowest BCUT2D eigenvalue weighted by Crippen LogP contribution is -2.25. The molecule has 0 amide bonds. The van der Waals surface area contributed by atoms with E-state index in [9.17, 15) is 0 Å². The van der Waals surface area contributed by atoms with Crippen LogP contribution in [-0.2, 0) is 0 Å². The lowest BCUT2D eigenvalue weighted by Gasteiger charge is -2.15. The molecule has 0 saturated heterocycles. The van der Waals surface area contributed by atoms with Crippen molar-refractivity contribution in [2.24, 2.45) is 0 Å². The smallest absolute Gasteiger partial charge is 0.191 e. The van der Waals surface area contributed by atoms with Gasteiger partial charge in [-0.25, -0.2) is 9.97 Å². The second-order valence-corrected chi connectivity index (χ2v) is 4.75. The van der Waals surface area contributed by atoms with Crippen LogP contribution >= 0.6 is 11.8 Å². The first-order valence-corrected chi connectivity index (χ1v) is 7.51. The Bertz CT molecular complexity index is 358. The number of anilines is 2. The lowest BCUT2D eigenvalue weighted by molar-refractivity contribution is 0.367. The topological polar surface area (TPSA) is 53.1 Å². The highest BCUT2D eigenvalue weighted by Crippen LogP contribution is 2.16. The zero-order valence-electron chi connectivity index (χ0n) is 11.7. The van der Waals surface area contributed by atoms with Gasteiger partial charge in [-0.15, -0.1) is 0 Å². The van der Waals surface area contributed by atoms with Gasteiger partial charge in [0.2, 0.25) is 0 Å². The molecular formula is C12H23N5S. The fourth-order valence-corrected chi connectivity index (χ4v) is 1.79. The Morgan fingerprint density at radius 2 is 1.89 bits per heavy atom. The fraction of sp³-hybridized carbons (Fsp3) is 0.667. The molecule has 102 valence electrons. The van der Waals surface area contributed by atoms with E-state index >= 15 is 0 Å². The molecule has 0 aromatic carbocycles. The molecule has 0 fully saturated rings. The van der Waals surface area contributed by atoms with Crippen molar-refractivity contribution < 1.29 is 0 Å². The molecule has 0 bridgehead atoms. The Morgan fingerprint density at radius 3 is 2.44 bits per heavy atom. The summed E-state index contributed by atoms with van der Waals surface area (Å²) in [5.74, 6) is 1.76. The van der Waals surface area contributed by atoms with Gasteiger partial charge in [-0.05, 0) is 26.8 Å². The van der Waals surface area contributed by atoms with Gasteiger partial charge in [0.25, 0.3) is 0 Å². The van der Waals surface area contributed by atoms with Gasteiger partial charge < -0.3 is 15.5 Å². The minimum Gasteiger partial charge on any atom is -0.370 e. The molecule has 2 N–H and O–H groups in total. The number of hydrogen-bond acceptors (Lipinski definition) is 6. The number of aromatic nitrogens is 2. The van der Waals surface area contributed by atoms with Crippen LogP contribution in [0.15, 0.2) is 11.2 Å². The van der Waals surface area contributed by atoms with Crippen LogP contribution in [0, 0.1) is 0 Å². The Kier molecular flexibility index (Phi) is 6.82. The summed E-state index contributed by atoms with van der Waals surface area (Å²) < 4.78 is 0. The molecule has 1 rings (SSSR count). The van der Waals surface area contributed by atoms with Gasteiger partial charge in [-0.3, -0.25) is 0 Å². The number of likely N-dealkylation sites (N-methyl/N-ethyl adjacent to an activating group) is 1. The average Bonchev–Trinajstić information content (AvgIpc) is 2.38. The van der Waals surface area contributed by atoms with Crippen LogP contribution in [0.25, 0.3) is 0 Å². The van der Waals surface area contributed by atoms with Crippen LogP contribution in [0.4, 0.5) is 11.6 Å². The van der Waals surface area contributed by atoms with Gasteiger partial charge in [-0.1, -0.05) is 18.7 Å². The van der Waals surface area contributed by atoms with Crippen LogP contribution in [-0.4, -0.2) is 54.4 Å². The molecule has 0 spiro atoms. The summed E-state index contributed by atoms with van der Waals surface area (Å²) in [6.45, 7) is 8.03. The van der Waals surface area contributed by atoms with Crippen LogP contribution < -0.4 is 10.6 Å². The van der Waals surface area contributed by atoms with Crippen LogP contribution in [0.1, 0.15) is 13.8 Å². The third-order valence-corrected chi connectivity index (χ3v) is 3.13. The minimum absolute atomic E-state index is 0.791. The minimum atomic E-state index is 0.791. The van der Waals surface area contributed by atoms with Gasteiger partial charge in [0.15, 0.2) is 5.16 Å². The second kappa shape index (κ2) is 8.16. The molecule has 1 aromatic rings. The Labute approximate surface area is 114 Å². The molecule has 0 aliphatic carbocycles. The Hall–Kier alpha value is -1.01. The molecule has 1 aromatic heterocycles. The standard InChI is InChI=1S/C12H23N5S/c1-5-13-10-9-11(16-12(15-10)18-4)14-7-8-17(3)6-2/h9H,5-8H2,1-4H3,(H2,13,14,15,16). The summed E-state index contributed by atoms with van der Waals surface area (Å²) in [7, 11) is 2.11. The predicted molar refractivity (Wildman–Crippen MR) is 79.6 cm³/mol. The van der Waals surface area contributed by atoms with E-state index in [4.69, 9.17) is 0 Å². The third-order valence-electron chi connectivity index (χ3n) is 2.59. The van der Waals surface area contributed by atoms with E-state index in [0.717, 1.165) is 43.0 Å². The van der Waals surface area contributed by atoms with Crippen molar-refractivity contribution in [2.45, 2.75) is 19.0 Å². The molecule has 0 atom stereocenters. The van der Waals surface area contributed by atoms with Crippen molar-refractivity contribution in [3.05, 3.63) is 6.07 Å². The Balaban J connectivity index is 2.60. The van der Waals surface area contributed by atoms with Gasteiger partial charge in [0, 0.05) is 25.7 Å². The van der Waals surface area contributed by atoms with Crippen molar-refractivity contribution in [1.82, 2.24) is 14.9 Å². The highest BCUT2D eigenvalue weighted by Gasteiger charge is 2.03. The largest absolute Gasteiger partial charge is 0.370 e. The molecule has 0 unspecified atom stereocenters. The number of nitrogens with one attached hydrogen (secondary N) is 2. The van der Waals surface area contributed by atoms with E-state index in [2.05, 4.69) is 46.4 Å². The number of hydrogen-bond donors (Lipinski definition) is 2. The van der Waals surface area contributed by atoms with Crippen molar-refractivity contribution in [2.75, 3.05) is 50.1 Å². The van der Waals surface area contributed by atoms with E-state index in [0.29, 0.717) is 0 Å². The van der Waals surface area contributed by atoms with Crippen molar-refractivity contribution in [3.8, 4) is 0 Å². The van der Waals surface area contributed by atoms with E-state index in [-0.39, 0.29) is 0 Å². The molecule has 0 aliphatic rings. The quantitative estimate of drug-likeness (QED) is 0.556. The fourth-order valence-electron chi connectivity index (χ4n) is 1.41. The van der Waals surface area contributed by atoms with Crippen LogP contribution in [0.2, 0.25) is 0 Å². The summed E-state index contributed by atoms with van der Waals surface area (Å²) >= 11 is 1.55. The van der Waals surface area contributed by atoms with Crippen LogP contribution in [0.3, 0.4) is 0 Å². The monoisotopic (exact) mass is 269 g/mol. The highest BCUT2D eigenvalue weighted by atomic mass is 32.2. The van der Waals surface area contributed by atoms with E-state index in [1.54, 1.807) is 11.8 Å². The second-order valence-electron chi connectivity index (χ2n) is 3.98. The first-order chi connectivity index (χ1) is 8.69. The van der Waals surface area contributed by atoms with Crippen LogP contribution in [0.5, 0.6) is 0 Å². The SMILES string of the molecule is CCNc1cc(NCCN(C)CC)nc(SC)n1. The number of rotatable bonds is 8. The summed E-state index contributed by atoms with van der Waals surface area (Å²) in [4.78, 5) is 11.1. The van der Waals surface area contributed by atoms with Gasteiger partial charge in [-0.2, -0.15) is 0 Å². The molecule has 6 heteroatoms. The number of nitrogens with zero attached hydrogens (tertiary/aromatic N) is 3. The summed E-state index contributed by atoms with van der Waals surface area (Å²) in [5.41, 5.74) is 0. The van der Waals surface area contributed by atoms with Gasteiger partial charge >= 0.3 is 0 Å². The lowest BCUT2D eigenvalue weighted by atomic mass is 10.4. The first-order valence-electron chi connectivity index (χ1n) is 6.29. The van der Waals surface area contributed by atoms with Gasteiger partial charge in [0.1, 0.15) is 11.6 Å². The Morgan fingerprint density at radius 1 is 1.22 bits per heavy atom. The average molecular weight is 269 g/mol. The molecule has 18 heavy (non-hydrogen) atoms. The van der Waals surface area contributed by atoms with Crippen molar-refractivity contribution in [3.63, 3.8) is 0 Å². The maximum absolute atomic E-state index is 4.44. The third kappa shape index (κ3) is 5.10. The molecular weight excluding hydrogens is 246 g/mol. The predicted octanol–water partition coefficient (Wildman–Crippen LogP) is 1.99. The molecule has 1 heterocycles. The van der Waals surface area contributed by atoms with Crippen molar-refractivity contribution >= 4 is 23.4 Å². The van der Waals surface area contributed by atoms with E-state index in [1.165, 1.54) is 0 Å². The molecule has 5 nitrogen and oxygen atoms in total. The maximum Gasteiger partial charge on any atom is 0.191 e. The number of thioether (sulfide) groups is 1. The summed E-state index contributed by atoms with van der Waals surface area (Å²) in [5, 5.41) is 7.35. The van der Waals surface area contributed by atoms with E-state index < -0.39 is 0 Å². The zero-order chi connectivity index (χ0) is 13.4. The first kappa shape index (κ1) is 15.0. The normalized spacial score (nSPS) is 10.7. The zero-order valence-corrected chi connectivity index (χ0v) is 12.5. The van der Waals surface area contributed by atoms with Gasteiger partial charge in [0.05, 0.1) is 0 Å². The summed E-state index contributed by atoms with van der Waals surface area (Å²) in [6, 6.07) is 1.95. The molecule has 0 saturated carbocycles.